The van der Waals surface area contributed by atoms with Crippen LogP contribution in [-0.4, -0.2) is 31.8 Å². The van der Waals surface area contributed by atoms with Crippen molar-refractivity contribution in [2.24, 2.45) is 17.8 Å². The number of esters is 2. The van der Waals surface area contributed by atoms with Crippen LogP contribution in [0.25, 0.3) is 0 Å². The van der Waals surface area contributed by atoms with Crippen LogP contribution < -0.4 is 0 Å². The van der Waals surface area contributed by atoms with E-state index in [9.17, 15) is 9.59 Å². The third-order valence-electron chi connectivity index (χ3n) is 7.85. The second-order valence-corrected chi connectivity index (χ2v) is 13.2. The molecule has 1 unspecified atom stereocenters. The average Bonchev–Trinajstić information content (AvgIpc) is 3.41. The van der Waals surface area contributed by atoms with E-state index < -0.39 is 6.10 Å². The van der Waals surface area contributed by atoms with Crippen LogP contribution in [0.3, 0.4) is 0 Å². The Morgan fingerprint density at radius 3 is 2.04 bits per heavy atom. The number of allylic oxidation sites excluding steroid dienone is 1. The molecule has 0 saturated carbocycles. The fourth-order valence-corrected chi connectivity index (χ4v) is 5.57. The molecule has 0 amide bonds. The smallest absolute Gasteiger partial charge is 0.334 e. The van der Waals surface area contributed by atoms with Crippen LogP contribution >= 0.6 is 0 Å². The Morgan fingerprint density at radius 1 is 0.872 bits per heavy atom. The fraction of sp³-hybridized carbons (Fsp3) is 0.429. The second kappa shape index (κ2) is 20.2. The van der Waals surface area contributed by atoms with Crippen LogP contribution in [-0.2, 0) is 36.8 Å². The van der Waals surface area contributed by atoms with Gasteiger partial charge in [0.05, 0.1) is 6.61 Å². The van der Waals surface area contributed by atoms with Crippen LogP contribution in [0.5, 0.6) is 0 Å². The van der Waals surface area contributed by atoms with Crippen molar-refractivity contribution >= 4 is 11.9 Å². The molecule has 1 heterocycles. The lowest BCUT2D eigenvalue weighted by Gasteiger charge is -2.19. The lowest BCUT2D eigenvalue weighted by Crippen LogP contribution is -2.18. The first-order valence-electron chi connectivity index (χ1n) is 16.9. The summed E-state index contributed by atoms with van der Waals surface area (Å²) < 4.78 is 15.8. The Balaban J connectivity index is 0.000000573. The molecule has 5 heteroatoms. The highest BCUT2D eigenvalue weighted by molar-refractivity contribution is 5.90. The number of ether oxygens (including phenoxy) is 3. The molecule has 0 radical (unpaired) electrons. The lowest BCUT2D eigenvalue weighted by molar-refractivity contribution is -0.152. The molecule has 0 aliphatic carbocycles. The maximum atomic E-state index is 12.3. The molecule has 1 atom stereocenters. The summed E-state index contributed by atoms with van der Waals surface area (Å²) in [5.74, 6) is 7.63. The number of aryl methyl sites for hydroxylation is 2. The number of methoxy groups -OCH3 is 1. The predicted octanol–water partition coefficient (Wildman–Crippen LogP) is 9.04. The second-order valence-electron chi connectivity index (χ2n) is 13.2. The van der Waals surface area contributed by atoms with Crippen molar-refractivity contribution in [2.75, 3.05) is 13.7 Å². The van der Waals surface area contributed by atoms with Gasteiger partial charge in [0, 0.05) is 36.7 Å². The Morgan fingerprint density at radius 2 is 1.47 bits per heavy atom. The minimum atomic E-state index is -0.391. The Kier molecular flexibility index (Phi) is 16.0. The Hall–Kier alpha value is -4.14. The molecular formula is C42H52O5. The van der Waals surface area contributed by atoms with Crippen LogP contribution in [0, 0.1) is 36.5 Å². The molecule has 0 bridgehead atoms. The molecule has 3 aromatic rings. The Bertz CT molecular complexity index is 1450. The highest BCUT2D eigenvalue weighted by Gasteiger charge is 2.30. The van der Waals surface area contributed by atoms with Gasteiger partial charge < -0.3 is 14.2 Å². The minimum Gasteiger partial charge on any atom is -0.462 e. The van der Waals surface area contributed by atoms with E-state index >= 15 is 0 Å². The number of cyclic esters (lactones) is 1. The summed E-state index contributed by atoms with van der Waals surface area (Å²) in [6.45, 7) is 11.8. The first kappa shape index (κ1) is 37.3. The summed E-state index contributed by atoms with van der Waals surface area (Å²) in [6, 6.07) is 26.2. The highest BCUT2D eigenvalue weighted by Crippen LogP contribution is 2.27. The van der Waals surface area contributed by atoms with Crippen molar-refractivity contribution in [3.63, 3.8) is 0 Å². The van der Waals surface area contributed by atoms with Gasteiger partial charge in [-0.15, -0.1) is 0 Å². The summed E-state index contributed by atoms with van der Waals surface area (Å²) in [7, 11) is 1.70. The summed E-state index contributed by atoms with van der Waals surface area (Å²) in [5, 5.41) is 0. The van der Waals surface area contributed by atoms with Crippen molar-refractivity contribution in [1.82, 2.24) is 0 Å². The molecule has 1 aliphatic heterocycles. The first-order valence-corrected chi connectivity index (χ1v) is 16.9. The number of hydrogen-bond acceptors (Lipinski definition) is 5. The summed E-state index contributed by atoms with van der Waals surface area (Å²) in [6.07, 6.45) is 6.24. The van der Waals surface area contributed by atoms with E-state index in [1.807, 2.05) is 66.7 Å². The van der Waals surface area contributed by atoms with Gasteiger partial charge in [-0.05, 0) is 85.8 Å². The van der Waals surface area contributed by atoms with E-state index in [0.717, 1.165) is 36.0 Å². The van der Waals surface area contributed by atoms with Crippen LogP contribution in [0.4, 0.5) is 0 Å². The molecule has 47 heavy (non-hydrogen) atoms. The zero-order valence-corrected chi connectivity index (χ0v) is 29.1. The largest absolute Gasteiger partial charge is 0.462 e. The zero-order valence-electron chi connectivity index (χ0n) is 29.1. The standard InChI is InChI=1S/C34H42O4.C8H10O/c1-24(2)20-30(21-25(3)4)16-18-31-22-32(38-34(31)36)23-37-33(35)19-17-29-14-12-28(13-15-29)11-10-27-8-6-26(5)7-9-27;1-9-7-8-5-3-2-4-6-8/h6-9,12-15,18,24-25,30,32H,16-17,19-23H2,1-5H3;2-6H,7H2,1H3/b31-18+;. The molecule has 0 spiro atoms. The lowest BCUT2D eigenvalue weighted by atomic mass is 9.86. The van der Waals surface area contributed by atoms with Crippen molar-refractivity contribution < 1.29 is 23.8 Å². The quantitative estimate of drug-likeness (QED) is 0.106. The van der Waals surface area contributed by atoms with Crippen LogP contribution in [0.1, 0.15) is 87.6 Å². The van der Waals surface area contributed by atoms with Crippen LogP contribution in [0.2, 0.25) is 0 Å². The van der Waals surface area contributed by atoms with Gasteiger partial charge in [0.15, 0.2) is 0 Å². The molecule has 4 rings (SSSR count). The van der Waals surface area contributed by atoms with Gasteiger partial charge in [-0.1, -0.05) is 106 Å². The molecule has 1 aliphatic rings. The number of benzene rings is 3. The molecule has 3 aromatic carbocycles. The summed E-state index contributed by atoms with van der Waals surface area (Å²) in [5.41, 5.74) is 6.13. The van der Waals surface area contributed by atoms with E-state index in [1.165, 1.54) is 11.1 Å². The van der Waals surface area contributed by atoms with Gasteiger partial charge in [-0.2, -0.15) is 0 Å². The van der Waals surface area contributed by atoms with Crippen molar-refractivity contribution in [3.05, 3.63) is 118 Å². The van der Waals surface area contributed by atoms with Crippen LogP contribution in [0.15, 0.2) is 90.5 Å². The maximum Gasteiger partial charge on any atom is 0.334 e. The molecule has 1 saturated heterocycles. The predicted molar refractivity (Wildman–Crippen MR) is 190 cm³/mol. The fourth-order valence-electron chi connectivity index (χ4n) is 5.57. The molecule has 5 nitrogen and oxygen atoms in total. The minimum absolute atomic E-state index is 0.108. The van der Waals surface area contributed by atoms with Crippen molar-refractivity contribution in [1.29, 1.82) is 0 Å². The third kappa shape index (κ3) is 14.9. The average molecular weight is 637 g/mol. The van der Waals surface area contributed by atoms with Gasteiger partial charge >= 0.3 is 11.9 Å². The molecule has 0 aromatic heterocycles. The third-order valence-corrected chi connectivity index (χ3v) is 7.85. The van der Waals surface area contributed by atoms with E-state index in [1.54, 1.807) is 7.11 Å². The van der Waals surface area contributed by atoms with Gasteiger partial charge in [0.1, 0.15) is 12.7 Å². The summed E-state index contributed by atoms with van der Waals surface area (Å²) in [4.78, 5) is 24.6. The van der Waals surface area contributed by atoms with E-state index in [-0.39, 0.29) is 25.0 Å². The summed E-state index contributed by atoms with van der Waals surface area (Å²) >= 11 is 0. The molecule has 250 valence electrons. The van der Waals surface area contributed by atoms with Gasteiger partial charge in [0.2, 0.25) is 0 Å². The van der Waals surface area contributed by atoms with Gasteiger partial charge in [-0.3, -0.25) is 4.79 Å². The van der Waals surface area contributed by atoms with Gasteiger partial charge in [0.25, 0.3) is 0 Å². The number of hydrogen-bond donors (Lipinski definition) is 0. The molecule has 0 N–H and O–H groups in total. The SMILES string of the molecule is COCc1ccccc1.Cc1ccc(C#Cc2ccc(CCC(=O)OCC3C/C(=C\CC(CC(C)C)CC(C)C)C(=O)O3)cc2)cc1. The normalized spacial score (nSPS) is 14.9. The zero-order chi connectivity index (χ0) is 34.0. The number of carbonyl (C=O) groups excluding carboxylic acids is 2. The van der Waals surface area contributed by atoms with E-state index in [4.69, 9.17) is 14.2 Å². The Labute approximate surface area is 282 Å². The highest BCUT2D eigenvalue weighted by atomic mass is 16.6. The maximum absolute atomic E-state index is 12.3. The molecule has 1 fully saturated rings. The molecular weight excluding hydrogens is 584 g/mol. The van der Waals surface area contributed by atoms with E-state index in [0.29, 0.717) is 42.8 Å². The number of carbonyl (C=O) groups is 2. The van der Waals surface area contributed by atoms with E-state index in [2.05, 4.69) is 64.7 Å². The number of rotatable bonds is 13. The van der Waals surface area contributed by atoms with Crippen molar-refractivity contribution in [2.45, 2.75) is 85.9 Å². The topological polar surface area (TPSA) is 61.8 Å². The van der Waals surface area contributed by atoms with Gasteiger partial charge in [-0.25, -0.2) is 4.79 Å². The monoisotopic (exact) mass is 636 g/mol. The first-order chi connectivity index (χ1) is 22.6. The van der Waals surface area contributed by atoms with Crippen molar-refractivity contribution in [3.8, 4) is 11.8 Å².